The standard InChI is InChI=1S/C25H25N7O2/c1-34-18-6-7-26-21(8-18)19-9-20(19)25(33)31-23-10-22(28-14-29-23)27-11-17-13-32-12-16(15-2-3-15)4-5-24(32)30-17/h4-8,10,12-15,19-20H,2-3,9,11H2,1H3,(H2,27,28,29,31,33). The number of hydrogen-bond donors (Lipinski definition) is 2. The maximum absolute atomic E-state index is 12.7. The predicted molar refractivity (Wildman–Crippen MR) is 127 cm³/mol. The molecular weight excluding hydrogens is 430 g/mol. The topological polar surface area (TPSA) is 106 Å². The zero-order valence-electron chi connectivity index (χ0n) is 18.8. The predicted octanol–water partition coefficient (Wildman–Crippen LogP) is 3.76. The van der Waals surface area contributed by atoms with Crippen LogP contribution in [-0.4, -0.2) is 37.4 Å². The summed E-state index contributed by atoms with van der Waals surface area (Å²) in [4.78, 5) is 30.2. The number of aromatic nitrogens is 5. The van der Waals surface area contributed by atoms with Gasteiger partial charge in [-0.2, -0.15) is 0 Å². The molecule has 34 heavy (non-hydrogen) atoms. The molecule has 6 rings (SSSR count). The fourth-order valence-electron chi connectivity index (χ4n) is 4.30. The van der Waals surface area contributed by atoms with E-state index in [2.05, 4.69) is 53.3 Å². The van der Waals surface area contributed by atoms with Crippen molar-refractivity contribution in [3.63, 3.8) is 0 Å². The monoisotopic (exact) mass is 455 g/mol. The van der Waals surface area contributed by atoms with Crippen molar-refractivity contribution in [2.45, 2.75) is 37.6 Å². The molecule has 2 aliphatic carbocycles. The lowest BCUT2D eigenvalue weighted by Crippen LogP contribution is -2.16. The summed E-state index contributed by atoms with van der Waals surface area (Å²) in [6, 6.07) is 9.66. The van der Waals surface area contributed by atoms with Crippen LogP contribution in [0.4, 0.5) is 11.6 Å². The van der Waals surface area contributed by atoms with E-state index in [1.165, 1.54) is 24.7 Å². The van der Waals surface area contributed by atoms with E-state index in [1.807, 2.05) is 12.3 Å². The lowest BCUT2D eigenvalue weighted by molar-refractivity contribution is -0.117. The molecule has 0 saturated heterocycles. The molecule has 1 amide bonds. The van der Waals surface area contributed by atoms with E-state index in [0.717, 1.165) is 29.2 Å². The van der Waals surface area contributed by atoms with Crippen LogP contribution in [0.2, 0.25) is 0 Å². The molecule has 2 aliphatic rings. The Balaban J connectivity index is 1.07. The van der Waals surface area contributed by atoms with Gasteiger partial charge in [0.05, 0.1) is 19.3 Å². The number of hydrogen-bond acceptors (Lipinski definition) is 7. The zero-order valence-corrected chi connectivity index (χ0v) is 18.8. The van der Waals surface area contributed by atoms with Crippen LogP contribution < -0.4 is 15.4 Å². The van der Waals surface area contributed by atoms with Gasteiger partial charge in [0.25, 0.3) is 0 Å². The largest absolute Gasteiger partial charge is 0.497 e. The maximum atomic E-state index is 12.7. The van der Waals surface area contributed by atoms with Crippen molar-refractivity contribution in [1.29, 1.82) is 0 Å². The van der Waals surface area contributed by atoms with E-state index >= 15 is 0 Å². The summed E-state index contributed by atoms with van der Waals surface area (Å²) in [5.74, 6) is 2.47. The summed E-state index contributed by atoms with van der Waals surface area (Å²) in [5, 5.41) is 6.18. The number of carbonyl (C=O) groups excluding carboxylic acids is 1. The van der Waals surface area contributed by atoms with Gasteiger partial charge in [0, 0.05) is 48.3 Å². The average Bonchev–Trinajstić information content (AvgIpc) is 3.79. The minimum Gasteiger partial charge on any atom is -0.497 e. The van der Waals surface area contributed by atoms with Crippen LogP contribution in [0.5, 0.6) is 5.75 Å². The van der Waals surface area contributed by atoms with Gasteiger partial charge in [0.1, 0.15) is 29.4 Å². The molecule has 4 aromatic heterocycles. The minimum atomic E-state index is -0.121. The fraction of sp³-hybridized carbons (Fsp3) is 0.320. The van der Waals surface area contributed by atoms with Gasteiger partial charge in [-0.3, -0.25) is 9.78 Å². The quantitative estimate of drug-likeness (QED) is 0.417. The molecular formula is C25H25N7O2. The van der Waals surface area contributed by atoms with Gasteiger partial charge in [-0.15, -0.1) is 0 Å². The van der Waals surface area contributed by atoms with Crippen LogP contribution in [0.3, 0.4) is 0 Å². The Morgan fingerprint density at radius 3 is 2.85 bits per heavy atom. The van der Waals surface area contributed by atoms with Crippen molar-refractivity contribution in [1.82, 2.24) is 24.3 Å². The van der Waals surface area contributed by atoms with E-state index in [9.17, 15) is 4.79 Å². The number of methoxy groups -OCH3 is 1. The third-order valence-corrected chi connectivity index (χ3v) is 6.44. The van der Waals surface area contributed by atoms with E-state index in [1.54, 1.807) is 25.4 Å². The second-order valence-corrected chi connectivity index (χ2v) is 8.93. The number of anilines is 2. The molecule has 0 aromatic carbocycles. The van der Waals surface area contributed by atoms with Gasteiger partial charge in [-0.1, -0.05) is 6.07 Å². The van der Waals surface area contributed by atoms with Crippen molar-refractivity contribution in [3.05, 3.63) is 72.2 Å². The summed E-state index contributed by atoms with van der Waals surface area (Å²) >= 11 is 0. The van der Waals surface area contributed by atoms with Crippen molar-refractivity contribution in [2.75, 3.05) is 17.7 Å². The smallest absolute Gasteiger partial charge is 0.229 e. The fourth-order valence-corrected chi connectivity index (χ4v) is 4.30. The molecule has 0 aliphatic heterocycles. The molecule has 2 fully saturated rings. The average molecular weight is 456 g/mol. The summed E-state index contributed by atoms with van der Waals surface area (Å²) in [6.45, 7) is 0.525. The molecule has 2 atom stereocenters. The van der Waals surface area contributed by atoms with Crippen molar-refractivity contribution in [3.8, 4) is 5.75 Å². The van der Waals surface area contributed by atoms with Gasteiger partial charge in [-0.05, 0) is 42.9 Å². The Hall–Kier alpha value is -4.01. The Morgan fingerprint density at radius 1 is 1.12 bits per heavy atom. The summed E-state index contributed by atoms with van der Waals surface area (Å²) in [7, 11) is 1.62. The highest BCUT2D eigenvalue weighted by Crippen LogP contribution is 2.47. The second kappa shape index (κ2) is 8.40. The highest BCUT2D eigenvalue weighted by molar-refractivity contribution is 5.94. The van der Waals surface area contributed by atoms with E-state index < -0.39 is 0 Å². The number of carbonyl (C=O) groups is 1. The minimum absolute atomic E-state index is 0.0638. The molecule has 4 aromatic rings. The van der Waals surface area contributed by atoms with Gasteiger partial charge >= 0.3 is 0 Å². The first-order valence-corrected chi connectivity index (χ1v) is 11.5. The Bertz CT molecular complexity index is 1360. The molecule has 2 unspecified atom stereocenters. The van der Waals surface area contributed by atoms with Crippen LogP contribution in [-0.2, 0) is 11.3 Å². The summed E-state index contributed by atoms with van der Waals surface area (Å²) < 4.78 is 7.34. The van der Waals surface area contributed by atoms with Crippen molar-refractivity contribution < 1.29 is 9.53 Å². The van der Waals surface area contributed by atoms with E-state index in [-0.39, 0.29) is 17.7 Å². The zero-order chi connectivity index (χ0) is 23.1. The van der Waals surface area contributed by atoms with E-state index in [0.29, 0.717) is 24.1 Å². The third-order valence-electron chi connectivity index (χ3n) is 6.44. The summed E-state index contributed by atoms with van der Waals surface area (Å²) in [5.41, 5.74) is 4.10. The van der Waals surface area contributed by atoms with Gasteiger partial charge in [-0.25, -0.2) is 15.0 Å². The van der Waals surface area contributed by atoms with E-state index in [4.69, 9.17) is 4.74 Å². The lowest BCUT2D eigenvalue weighted by Gasteiger charge is -2.07. The van der Waals surface area contributed by atoms with Crippen molar-refractivity contribution in [2.24, 2.45) is 5.92 Å². The highest BCUT2D eigenvalue weighted by Gasteiger charge is 2.45. The first kappa shape index (κ1) is 20.6. The first-order chi connectivity index (χ1) is 16.7. The maximum Gasteiger partial charge on any atom is 0.229 e. The highest BCUT2D eigenvalue weighted by atomic mass is 16.5. The SMILES string of the molecule is COc1ccnc(C2CC2C(=O)Nc2cc(NCc3cn4cc(C5CC5)ccc4n3)ncn2)c1. The molecule has 2 N–H and O–H groups in total. The molecule has 9 heteroatoms. The number of rotatable bonds is 8. The Labute approximate surface area is 196 Å². The number of amides is 1. The number of ether oxygens (including phenoxy) is 1. The third kappa shape index (κ3) is 4.28. The lowest BCUT2D eigenvalue weighted by atomic mass is 10.2. The van der Waals surface area contributed by atoms with Gasteiger partial charge in [0.15, 0.2) is 0 Å². The van der Waals surface area contributed by atoms with Crippen LogP contribution in [0.1, 0.15) is 48.0 Å². The molecule has 2 saturated carbocycles. The second-order valence-electron chi connectivity index (χ2n) is 8.93. The normalized spacial score (nSPS) is 19.1. The Kier molecular flexibility index (Phi) is 5.09. The first-order valence-electron chi connectivity index (χ1n) is 11.5. The molecule has 0 bridgehead atoms. The van der Waals surface area contributed by atoms with Crippen LogP contribution in [0, 0.1) is 5.92 Å². The number of imidazole rings is 1. The number of pyridine rings is 2. The number of nitrogens with zero attached hydrogens (tertiary/aromatic N) is 5. The van der Waals surface area contributed by atoms with Crippen LogP contribution in [0.15, 0.2) is 55.2 Å². The van der Waals surface area contributed by atoms with Crippen LogP contribution >= 0.6 is 0 Å². The molecule has 172 valence electrons. The molecule has 0 radical (unpaired) electrons. The number of nitrogens with one attached hydrogen (secondary N) is 2. The molecule has 4 heterocycles. The van der Waals surface area contributed by atoms with Gasteiger partial charge in [0.2, 0.25) is 5.91 Å². The molecule has 9 nitrogen and oxygen atoms in total. The van der Waals surface area contributed by atoms with Crippen molar-refractivity contribution >= 4 is 23.2 Å². The number of fused-ring (bicyclic) bond motifs is 1. The summed E-state index contributed by atoms with van der Waals surface area (Å²) in [6.07, 6.45) is 10.7. The Morgan fingerprint density at radius 2 is 2.00 bits per heavy atom. The van der Waals surface area contributed by atoms with Gasteiger partial charge < -0.3 is 19.8 Å². The van der Waals surface area contributed by atoms with Crippen LogP contribution in [0.25, 0.3) is 5.65 Å². The molecule has 0 spiro atoms.